The SMILES string of the molecule is CN1CCC(NC(=O)c2cccc3c2CCN=C3)CC1. The number of piperidine rings is 1. The van der Waals surface area contributed by atoms with Gasteiger partial charge in [0.15, 0.2) is 0 Å². The molecule has 0 spiro atoms. The van der Waals surface area contributed by atoms with E-state index < -0.39 is 0 Å². The molecular formula is C16H21N3O. The Bertz CT molecular complexity index is 531. The molecule has 0 radical (unpaired) electrons. The molecule has 4 heteroatoms. The van der Waals surface area contributed by atoms with Gasteiger partial charge >= 0.3 is 0 Å². The van der Waals surface area contributed by atoms with Gasteiger partial charge in [0, 0.05) is 24.4 Å². The molecule has 4 nitrogen and oxygen atoms in total. The number of carbonyl (C=O) groups excluding carboxylic acids is 1. The van der Waals surface area contributed by atoms with E-state index in [9.17, 15) is 4.79 Å². The van der Waals surface area contributed by atoms with Crippen molar-refractivity contribution in [3.8, 4) is 0 Å². The van der Waals surface area contributed by atoms with Crippen LogP contribution < -0.4 is 5.32 Å². The first-order valence-electron chi connectivity index (χ1n) is 7.35. The molecule has 1 fully saturated rings. The number of hydrogen-bond acceptors (Lipinski definition) is 3. The lowest BCUT2D eigenvalue weighted by molar-refractivity contribution is 0.0916. The summed E-state index contributed by atoms with van der Waals surface area (Å²) in [6.45, 7) is 2.90. The highest BCUT2D eigenvalue weighted by molar-refractivity contribution is 5.99. The summed E-state index contributed by atoms with van der Waals surface area (Å²) in [6.07, 6.45) is 4.82. The number of rotatable bonds is 2. The van der Waals surface area contributed by atoms with Crippen LogP contribution >= 0.6 is 0 Å². The van der Waals surface area contributed by atoms with Gasteiger partial charge in [-0.1, -0.05) is 12.1 Å². The highest BCUT2D eigenvalue weighted by Crippen LogP contribution is 2.18. The number of likely N-dealkylation sites (tertiary alicyclic amines) is 1. The number of carbonyl (C=O) groups is 1. The maximum absolute atomic E-state index is 12.5. The maximum Gasteiger partial charge on any atom is 0.251 e. The second kappa shape index (κ2) is 5.75. The summed E-state index contributed by atoms with van der Waals surface area (Å²) in [5.41, 5.74) is 3.06. The maximum atomic E-state index is 12.5. The zero-order valence-corrected chi connectivity index (χ0v) is 11.9. The molecule has 0 unspecified atom stereocenters. The Hall–Kier alpha value is -1.68. The van der Waals surface area contributed by atoms with Gasteiger partial charge in [-0.15, -0.1) is 0 Å². The molecule has 1 amide bonds. The highest BCUT2D eigenvalue weighted by Gasteiger charge is 2.21. The van der Waals surface area contributed by atoms with Crippen molar-refractivity contribution in [2.45, 2.75) is 25.3 Å². The number of aliphatic imine (C=N–C) groups is 1. The Balaban J connectivity index is 1.73. The molecule has 20 heavy (non-hydrogen) atoms. The molecule has 106 valence electrons. The van der Waals surface area contributed by atoms with Crippen LogP contribution in [0.25, 0.3) is 0 Å². The van der Waals surface area contributed by atoms with Crippen molar-refractivity contribution in [3.63, 3.8) is 0 Å². The van der Waals surface area contributed by atoms with Gasteiger partial charge in [0.05, 0.1) is 0 Å². The van der Waals surface area contributed by atoms with Gasteiger partial charge in [-0.2, -0.15) is 0 Å². The Kier molecular flexibility index (Phi) is 3.83. The molecule has 0 bridgehead atoms. The minimum absolute atomic E-state index is 0.0757. The molecule has 0 aliphatic carbocycles. The highest BCUT2D eigenvalue weighted by atomic mass is 16.1. The van der Waals surface area contributed by atoms with Gasteiger partial charge in [0.1, 0.15) is 0 Å². The fourth-order valence-electron chi connectivity index (χ4n) is 2.97. The van der Waals surface area contributed by atoms with Crippen molar-refractivity contribution in [1.82, 2.24) is 10.2 Å². The summed E-state index contributed by atoms with van der Waals surface area (Å²) >= 11 is 0. The number of nitrogens with zero attached hydrogens (tertiary/aromatic N) is 2. The molecule has 2 aliphatic rings. The van der Waals surface area contributed by atoms with Gasteiger partial charge in [-0.05, 0) is 56.6 Å². The van der Waals surface area contributed by atoms with Crippen molar-refractivity contribution in [2.75, 3.05) is 26.7 Å². The Morgan fingerprint density at radius 2 is 2.15 bits per heavy atom. The van der Waals surface area contributed by atoms with Gasteiger partial charge < -0.3 is 10.2 Å². The minimum Gasteiger partial charge on any atom is -0.349 e. The molecule has 0 atom stereocenters. The predicted molar refractivity (Wildman–Crippen MR) is 80.6 cm³/mol. The summed E-state index contributed by atoms with van der Waals surface area (Å²) in [6, 6.07) is 6.22. The fraction of sp³-hybridized carbons (Fsp3) is 0.500. The molecule has 1 aromatic rings. The number of hydrogen-bond donors (Lipinski definition) is 1. The van der Waals surface area contributed by atoms with Crippen LogP contribution in [-0.2, 0) is 6.42 Å². The van der Waals surface area contributed by atoms with Crippen LogP contribution in [0.1, 0.15) is 34.3 Å². The van der Waals surface area contributed by atoms with E-state index in [1.165, 1.54) is 0 Å². The molecule has 3 rings (SSSR count). The first kappa shape index (κ1) is 13.3. The average Bonchev–Trinajstić information content (AvgIpc) is 2.49. The van der Waals surface area contributed by atoms with Crippen molar-refractivity contribution in [1.29, 1.82) is 0 Å². The third-order valence-corrected chi connectivity index (χ3v) is 4.23. The van der Waals surface area contributed by atoms with Crippen LogP contribution in [0.2, 0.25) is 0 Å². The van der Waals surface area contributed by atoms with Crippen molar-refractivity contribution in [2.24, 2.45) is 4.99 Å². The van der Waals surface area contributed by atoms with E-state index in [0.717, 1.165) is 55.6 Å². The van der Waals surface area contributed by atoms with E-state index >= 15 is 0 Å². The molecule has 1 N–H and O–H groups in total. The van der Waals surface area contributed by atoms with E-state index in [-0.39, 0.29) is 5.91 Å². The summed E-state index contributed by atoms with van der Waals surface area (Å²) in [5, 5.41) is 3.20. The van der Waals surface area contributed by atoms with E-state index in [1.807, 2.05) is 24.4 Å². The number of nitrogens with one attached hydrogen (secondary N) is 1. The number of benzene rings is 1. The number of amides is 1. The van der Waals surface area contributed by atoms with Crippen LogP contribution in [0.3, 0.4) is 0 Å². The molecule has 0 saturated carbocycles. The third-order valence-electron chi connectivity index (χ3n) is 4.23. The van der Waals surface area contributed by atoms with E-state index in [4.69, 9.17) is 0 Å². The summed E-state index contributed by atoms with van der Waals surface area (Å²) < 4.78 is 0. The monoisotopic (exact) mass is 271 g/mol. The average molecular weight is 271 g/mol. The Morgan fingerprint density at radius 1 is 1.35 bits per heavy atom. The van der Waals surface area contributed by atoms with Crippen LogP contribution in [0.5, 0.6) is 0 Å². The van der Waals surface area contributed by atoms with E-state index in [2.05, 4.69) is 22.3 Å². The fourth-order valence-corrected chi connectivity index (χ4v) is 2.97. The summed E-state index contributed by atoms with van der Waals surface area (Å²) in [7, 11) is 2.13. The normalized spacial score (nSPS) is 19.6. The van der Waals surface area contributed by atoms with Gasteiger partial charge in [0.2, 0.25) is 0 Å². The van der Waals surface area contributed by atoms with Crippen molar-refractivity contribution >= 4 is 12.1 Å². The van der Waals surface area contributed by atoms with Crippen LogP contribution in [0.4, 0.5) is 0 Å². The van der Waals surface area contributed by atoms with Gasteiger partial charge in [-0.25, -0.2) is 0 Å². The summed E-state index contributed by atoms with van der Waals surface area (Å²) in [5.74, 6) is 0.0757. The topological polar surface area (TPSA) is 44.7 Å². The van der Waals surface area contributed by atoms with E-state index in [0.29, 0.717) is 6.04 Å². The third kappa shape index (κ3) is 2.75. The van der Waals surface area contributed by atoms with Crippen LogP contribution in [0.15, 0.2) is 23.2 Å². The van der Waals surface area contributed by atoms with Gasteiger partial charge in [0.25, 0.3) is 5.91 Å². The first-order valence-corrected chi connectivity index (χ1v) is 7.35. The zero-order chi connectivity index (χ0) is 13.9. The minimum atomic E-state index is 0.0757. The number of fused-ring (bicyclic) bond motifs is 1. The molecule has 2 heterocycles. The largest absolute Gasteiger partial charge is 0.349 e. The second-order valence-electron chi connectivity index (χ2n) is 5.71. The molecule has 1 aromatic carbocycles. The second-order valence-corrected chi connectivity index (χ2v) is 5.71. The van der Waals surface area contributed by atoms with Crippen molar-refractivity contribution in [3.05, 3.63) is 34.9 Å². The Labute approximate surface area is 119 Å². The lowest BCUT2D eigenvalue weighted by atomic mass is 9.96. The molecule has 0 aromatic heterocycles. The Morgan fingerprint density at radius 3 is 2.95 bits per heavy atom. The molecular weight excluding hydrogens is 250 g/mol. The quantitative estimate of drug-likeness (QED) is 0.885. The van der Waals surface area contributed by atoms with Crippen molar-refractivity contribution < 1.29 is 4.79 Å². The zero-order valence-electron chi connectivity index (χ0n) is 11.9. The molecule has 2 aliphatic heterocycles. The lowest BCUT2D eigenvalue weighted by Crippen LogP contribution is -2.43. The smallest absolute Gasteiger partial charge is 0.251 e. The van der Waals surface area contributed by atoms with Gasteiger partial charge in [-0.3, -0.25) is 9.79 Å². The molecule has 1 saturated heterocycles. The van der Waals surface area contributed by atoms with E-state index in [1.54, 1.807) is 0 Å². The lowest BCUT2D eigenvalue weighted by Gasteiger charge is -2.29. The predicted octanol–water partition coefficient (Wildman–Crippen LogP) is 1.49. The summed E-state index contributed by atoms with van der Waals surface area (Å²) in [4.78, 5) is 19.1. The van der Waals surface area contributed by atoms with Crippen LogP contribution in [-0.4, -0.2) is 49.7 Å². The standard InChI is InChI=1S/C16H21N3O/c1-19-9-6-13(7-10-19)18-16(20)15-4-2-3-12-11-17-8-5-14(12)15/h2-4,11,13H,5-10H2,1H3,(H,18,20). The first-order chi connectivity index (χ1) is 9.74. The van der Waals surface area contributed by atoms with Crippen LogP contribution in [0, 0.1) is 0 Å².